The Morgan fingerprint density at radius 3 is 3.11 bits per heavy atom. The van der Waals surface area contributed by atoms with Gasteiger partial charge >= 0.3 is 5.97 Å². The zero-order chi connectivity index (χ0) is 13.0. The number of ether oxygens (including phenoxy) is 1. The van der Waals surface area contributed by atoms with E-state index in [-0.39, 0.29) is 5.97 Å². The van der Waals surface area contributed by atoms with Gasteiger partial charge in [-0.05, 0) is 6.92 Å². The second-order valence-corrected chi connectivity index (χ2v) is 4.53. The van der Waals surface area contributed by atoms with Crippen LogP contribution in [-0.4, -0.2) is 39.8 Å². The fraction of sp³-hybridized carbons (Fsp3) is 0.400. The minimum absolute atomic E-state index is 0.353. The predicted octanol–water partition coefficient (Wildman–Crippen LogP) is 1.01. The molecule has 0 spiro atoms. The number of aryl methyl sites for hydroxylation is 1. The minimum atomic E-state index is -0.353. The average molecular weight is 267 g/mol. The third-order valence-electron chi connectivity index (χ3n) is 2.27. The summed E-state index contributed by atoms with van der Waals surface area (Å²) in [6.45, 7) is 2.45. The van der Waals surface area contributed by atoms with Crippen LogP contribution in [0, 0.1) is 6.92 Å². The highest BCUT2D eigenvalue weighted by Crippen LogP contribution is 2.22. The Kier molecular flexibility index (Phi) is 3.88. The summed E-state index contributed by atoms with van der Waals surface area (Å²) in [5.74, 6) is 0.456. The first kappa shape index (κ1) is 12.5. The van der Waals surface area contributed by atoms with Crippen molar-refractivity contribution >= 4 is 22.4 Å². The number of nitrogens with one attached hydrogen (secondary N) is 2. The van der Waals surface area contributed by atoms with Gasteiger partial charge in [-0.1, -0.05) is 11.3 Å². The number of anilines is 1. The van der Waals surface area contributed by atoms with E-state index in [1.807, 2.05) is 0 Å². The third kappa shape index (κ3) is 2.83. The largest absolute Gasteiger partial charge is 0.465 e. The number of esters is 1. The van der Waals surface area contributed by atoms with Gasteiger partial charge in [0, 0.05) is 13.0 Å². The van der Waals surface area contributed by atoms with E-state index < -0.39 is 0 Å². The second kappa shape index (κ2) is 5.58. The molecular weight excluding hydrogens is 254 g/mol. The van der Waals surface area contributed by atoms with Gasteiger partial charge in [0.15, 0.2) is 5.13 Å². The van der Waals surface area contributed by atoms with Gasteiger partial charge < -0.3 is 10.1 Å². The van der Waals surface area contributed by atoms with Gasteiger partial charge in [0.25, 0.3) is 0 Å². The average Bonchev–Trinajstić information content (AvgIpc) is 2.98. The summed E-state index contributed by atoms with van der Waals surface area (Å²) < 4.78 is 4.67. The lowest BCUT2D eigenvalue weighted by Gasteiger charge is -1.99. The number of thiazole rings is 1. The molecule has 0 amide bonds. The summed E-state index contributed by atoms with van der Waals surface area (Å²) in [7, 11) is 1.36. The summed E-state index contributed by atoms with van der Waals surface area (Å²) in [5.41, 5.74) is 0.675. The second-order valence-electron chi connectivity index (χ2n) is 3.53. The molecule has 18 heavy (non-hydrogen) atoms. The number of rotatable bonds is 5. The Bertz CT molecular complexity index is 522. The molecule has 2 N–H and O–H groups in total. The number of H-pyrrole nitrogens is 1. The van der Waals surface area contributed by atoms with Crippen LogP contribution < -0.4 is 5.32 Å². The fourth-order valence-electron chi connectivity index (χ4n) is 1.39. The van der Waals surface area contributed by atoms with E-state index in [1.54, 1.807) is 6.92 Å². The number of carbonyl (C=O) groups is 1. The van der Waals surface area contributed by atoms with Crippen molar-refractivity contribution in [2.75, 3.05) is 19.0 Å². The van der Waals surface area contributed by atoms with Crippen molar-refractivity contribution in [2.24, 2.45) is 0 Å². The van der Waals surface area contributed by atoms with Crippen molar-refractivity contribution in [3.63, 3.8) is 0 Å². The van der Waals surface area contributed by atoms with Gasteiger partial charge in [-0.25, -0.2) is 14.8 Å². The first-order valence-corrected chi connectivity index (χ1v) is 6.16. The molecule has 0 aliphatic rings. The molecule has 0 radical (unpaired) electrons. The van der Waals surface area contributed by atoms with E-state index in [4.69, 9.17) is 0 Å². The van der Waals surface area contributed by atoms with E-state index in [9.17, 15) is 4.79 Å². The number of nitrogens with zero attached hydrogens (tertiary/aromatic N) is 3. The summed E-state index contributed by atoms with van der Waals surface area (Å²) in [6.07, 6.45) is 2.18. The smallest absolute Gasteiger partial charge is 0.350 e. The van der Waals surface area contributed by atoms with Crippen molar-refractivity contribution in [3.8, 4) is 0 Å². The molecule has 2 heterocycles. The molecule has 96 valence electrons. The maximum atomic E-state index is 11.4. The Morgan fingerprint density at radius 2 is 2.44 bits per heavy atom. The predicted molar refractivity (Wildman–Crippen MR) is 66.8 cm³/mol. The molecule has 0 unspecified atom stereocenters. The summed E-state index contributed by atoms with van der Waals surface area (Å²) >= 11 is 1.29. The van der Waals surface area contributed by atoms with Crippen LogP contribution >= 0.6 is 11.3 Å². The molecule has 2 aromatic rings. The van der Waals surface area contributed by atoms with E-state index in [0.29, 0.717) is 28.7 Å². The van der Waals surface area contributed by atoms with Crippen molar-refractivity contribution in [1.29, 1.82) is 0 Å². The molecule has 7 nitrogen and oxygen atoms in total. The summed E-state index contributed by atoms with van der Waals surface area (Å²) in [5, 5.41) is 10.4. The summed E-state index contributed by atoms with van der Waals surface area (Å²) in [6, 6.07) is 0. The maximum Gasteiger partial charge on any atom is 0.350 e. The number of aromatic nitrogens is 4. The van der Waals surface area contributed by atoms with E-state index in [1.165, 1.54) is 24.8 Å². The molecule has 0 bridgehead atoms. The number of methoxy groups -OCH3 is 1. The van der Waals surface area contributed by atoms with Gasteiger partial charge in [-0.3, -0.25) is 5.10 Å². The molecule has 0 aliphatic heterocycles. The Hall–Kier alpha value is -1.96. The van der Waals surface area contributed by atoms with Crippen LogP contribution in [-0.2, 0) is 11.2 Å². The molecule has 0 aromatic carbocycles. The van der Waals surface area contributed by atoms with Crippen LogP contribution in [0.2, 0.25) is 0 Å². The highest BCUT2D eigenvalue weighted by molar-refractivity contribution is 7.17. The first-order valence-electron chi connectivity index (χ1n) is 5.34. The third-order valence-corrected chi connectivity index (χ3v) is 3.37. The number of hydrogen-bond acceptors (Lipinski definition) is 7. The van der Waals surface area contributed by atoms with Gasteiger partial charge in [-0.15, -0.1) is 0 Å². The SMILES string of the molecule is COC(=O)c1sc(NCCc2ncn[nH]2)nc1C. The monoisotopic (exact) mass is 267 g/mol. The van der Waals surface area contributed by atoms with Crippen LogP contribution in [0.25, 0.3) is 0 Å². The Balaban J connectivity index is 1.92. The fourth-order valence-corrected chi connectivity index (χ4v) is 2.30. The topological polar surface area (TPSA) is 92.8 Å². The van der Waals surface area contributed by atoms with Gasteiger partial charge in [0.1, 0.15) is 17.0 Å². The minimum Gasteiger partial charge on any atom is -0.465 e. The number of hydrogen-bond donors (Lipinski definition) is 2. The number of carbonyl (C=O) groups excluding carboxylic acids is 1. The van der Waals surface area contributed by atoms with E-state index >= 15 is 0 Å². The normalized spacial score (nSPS) is 10.3. The van der Waals surface area contributed by atoms with Crippen molar-refractivity contribution in [1.82, 2.24) is 20.2 Å². The van der Waals surface area contributed by atoms with Gasteiger partial charge in [0.05, 0.1) is 12.8 Å². The lowest BCUT2D eigenvalue weighted by atomic mass is 10.4. The van der Waals surface area contributed by atoms with E-state index in [2.05, 4.69) is 30.2 Å². The molecular formula is C10H13N5O2S. The molecule has 0 saturated heterocycles. The molecule has 0 atom stereocenters. The van der Waals surface area contributed by atoms with Crippen LogP contribution in [0.4, 0.5) is 5.13 Å². The van der Waals surface area contributed by atoms with Crippen LogP contribution in [0.1, 0.15) is 21.2 Å². The standard InChI is InChI=1S/C10H13N5O2S/c1-6-8(9(16)17-2)18-10(14-6)11-4-3-7-12-5-13-15-7/h5H,3-4H2,1-2H3,(H,11,14)(H,12,13,15). The Labute approximate surface area is 108 Å². The lowest BCUT2D eigenvalue weighted by Crippen LogP contribution is -2.05. The molecule has 0 aliphatic carbocycles. The zero-order valence-electron chi connectivity index (χ0n) is 10.1. The maximum absolute atomic E-state index is 11.4. The first-order chi connectivity index (χ1) is 8.70. The number of aromatic amines is 1. The van der Waals surface area contributed by atoms with Crippen LogP contribution in [0.15, 0.2) is 6.33 Å². The molecule has 0 fully saturated rings. The van der Waals surface area contributed by atoms with Crippen molar-refractivity contribution in [3.05, 3.63) is 22.7 Å². The molecule has 2 rings (SSSR count). The molecule has 2 aromatic heterocycles. The Morgan fingerprint density at radius 1 is 1.61 bits per heavy atom. The quantitative estimate of drug-likeness (QED) is 0.785. The molecule has 8 heteroatoms. The highest BCUT2D eigenvalue weighted by Gasteiger charge is 2.15. The van der Waals surface area contributed by atoms with Crippen LogP contribution in [0.3, 0.4) is 0 Å². The van der Waals surface area contributed by atoms with Crippen LogP contribution in [0.5, 0.6) is 0 Å². The lowest BCUT2D eigenvalue weighted by molar-refractivity contribution is 0.0605. The zero-order valence-corrected chi connectivity index (χ0v) is 10.9. The van der Waals surface area contributed by atoms with Gasteiger partial charge in [0.2, 0.25) is 0 Å². The van der Waals surface area contributed by atoms with Gasteiger partial charge in [-0.2, -0.15) is 5.10 Å². The summed E-state index contributed by atoms with van der Waals surface area (Å²) in [4.78, 5) is 20.2. The van der Waals surface area contributed by atoms with Crippen molar-refractivity contribution < 1.29 is 9.53 Å². The van der Waals surface area contributed by atoms with E-state index in [0.717, 1.165) is 5.82 Å². The molecule has 0 saturated carbocycles. The van der Waals surface area contributed by atoms with Crippen molar-refractivity contribution in [2.45, 2.75) is 13.3 Å². The highest BCUT2D eigenvalue weighted by atomic mass is 32.1.